The smallest absolute Gasteiger partial charge is 0.0961 e. The SMILES string of the molecule is OC(CNn1cccc1)COC1CCCC1. The van der Waals surface area contributed by atoms with E-state index < -0.39 is 6.10 Å². The second kappa shape index (κ2) is 5.92. The highest BCUT2D eigenvalue weighted by Crippen LogP contribution is 2.20. The Balaban J connectivity index is 1.58. The minimum atomic E-state index is -0.442. The lowest BCUT2D eigenvalue weighted by molar-refractivity contribution is -0.00194. The van der Waals surface area contributed by atoms with Crippen molar-refractivity contribution in [3.05, 3.63) is 24.5 Å². The maximum absolute atomic E-state index is 9.71. The van der Waals surface area contributed by atoms with Crippen molar-refractivity contribution in [2.24, 2.45) is 0 Å². The molecule has 4 heteroatoms. The van der Waals surface area contributed by atoms with Crippen LogP contribution in [-0.4, -0.2) is 35.1 Å². The molecule has 0 aliphatic heterocycles. The number of aliphatic hydroxyl groups is 1. The van der Waals surface area contributed by atoms with Crippen molar-refractivity contribution in [1.29, 1.82) is 0 Å². The molecule has 0 radical (unpaired) electrons. The molecular weight excluding hydrogens is 204 g/mol. The molecule has 90 valence electrons. The first-order valence-electron chi connectivity index (χ1n) is 6.01. The molecule has 1 atom stereocenters. The Morgan fingerprint density at radius 1 is 1.31 bits per heavy atom. The van der Waals surface area contributed by atoms with Crippen molar-refractivity contribution in [2.45, 2.75) is 37.9 Å². The average molecular weight is 224 g/mol. The lowest BCUT2D eigenvalue weighted by Gasteiger charge is -2.16. The standard InChI is InChI=1S/C12H20N2O2/c15-11(9-13-14-7-3-4-8-14)10-16-12-5-1-2-6-12/h3-4,7-8,11-13,15H,1-2,5-6,9-10H2. The first-order valence-corrected chi connectivity index (χ1v) is 6.01. The van der Waals surface area contributed by atoms with E-state index in [1.54, 1.807) is 0 Å². The quantitative estimate of drug-likeness (QED) is 0.767. The Kier molecular flexibility index (Phi) is 4.25. The monoisotopic (exact) mass is 224 g/mol. The Morgan fingerprint density at radius 2 is 2.00 bits per heavy atom. The van der Waals surface area contributed by atoms with Crippen molar-refractivity contribution >= 4 is 0 Å². The number of aliphatic hydroxyl groups excluding tert-OH is 1. The van der Waals surface area contributed by atoms with E-state index in [1.807, 2.05) is 29.2 Å². The van der Waals surface area contributed by atoms with Crippen LogP contribution in [0.15, 0.2) is 24.5 Å². The number of hydrogen-bond donors (Lipinski definition) is 2. The third-order valence-electron chi connectivity index (χ3n) is 2.94. The molecule has 1 aliphatic carbocycles. The highest BCUT2D eigenvalue weighted by Gasteiger charge is 2.16. The van der Waals surface area contributed by atoms with Gasteiger partial charge < -0.3 is 15.3 Å². The van der Waals surface area contributed by atoms with Crippen LogP contribution in [0.2, 0.25) is 0 Å². The third-order valence-corrected chi connectivity index (χ3v) is 2.94. The first kappa shape index (κ1) is 11.5. The van der Waals surface area contributed by atoms with E-state index in [9.17, 15) is 5.11 Å². The van der Waals surface area contributed by atoms with Crippen LogP contribution in [0.3, 0.4) is 0 Å². The van der Waals surface area contributed by atoms with Gasteiger partial charge in [-0.2, -0.15) is 0 Å². The molecule has 0 amide bonds. The normalized spacial score (nSPS) is 18.8. The summed E-state index contributed by atoms with van der Waals surface area (Å²) in [5, 5.41) is 9.71. The van der Waals surface area contributed by atoms with Crippen LogP contribution in [0.1, 0.15) is 25.7 Å². The molecule has 0 saturated heterocycles. The van der Waals surface area contributed by atoms with Gasteiger partial charge in [0.1, 0.15) is 0 Å². The summed E-state index contributed by atoms with van der Waals surface area (Å²) in [7, 11) is 0. The lowest BCUT2D eigenvalue weighted by Crippen LogP contribution is -2.30. The molecule has 1 aromatic rings. The number of nitrogens with one attached hydrogen (secondary N) is 1. The minimum absolute atomic E-state index is 0.376. The molecule has 1 unspecified atom stereocenters. The summed E-state index contributed by atoms with van der Waals surface area (Å²) in [6.45, 7) is 0.945. The highest BCUT2D eigenvalue weighted by molar-refractivity contribution is 4.93. The summed E-state index contributed by atoms with van der Waals surface area (Å²) in [6, 6.07) is 3.88. The first-order chi connectivity index (χ1) is 7.84. The van der Waals surface area contributed by atoms with Crippen LogP contribution >= 0.6 is 0 Å². The van der Waals surface area contributed by atoms with Crippen LogP contribution in [0.25, 0.3) is 0 Å². The molecular formula is C12H20N2O2. The average Bonchev–Trinajstić information content (AvgIpc) is 2.96. The molecule has 2 rings (SSSR count). The molecule has 1 aliphatic rings. The largest absolute Gasteiger partial charge is 0.389 e. The molecule has 0 aromatic carbocycles. The predicted molar refractivity (Wildman–Crippen MR) is 62.9 cm³/mol. The van der Waals surface area contributed by atoms with Gasteiger partial charge in [0.05, 0.1) is 25.4 Å². The number of aromatic nitrogens is 1. The van der Waals surface area contributed by atoms with Crippen molar-refractivity contribution in [3.8, 4) is 0 Å². The summed E-state index contributed by atoms with van der Waals surface area (Å²) in [4.78, 5) is 0. The summed E-state index contributed by atoms with van der Waals surface area (Å²) in [6.07, 6.45) is 8.58. The maximum Gasteiger partial charge on any atom is 0.0961 e. The van der Waals surface area contributed by atoms with E-state index in [1.165, 1.54) is 12.8 Å². The van der Waals surface area contributed by atoms with Crippen LogP contribution < -0.4 is 5.43 Å². The van der Waals surface area contributed by atoms with Crippen molar-refractivity contribution < 1.29 is 9.84 Å². The van der Waals surface area contributed by atoms with Gasteiger partial charge in [-0.3, -0.25) is 4.68 Å². The van der Waals surface area contributed by atoms with Gasteiger partial charge in [0.25, 0.3) is 0 Å². The van der Waals surface area contributed by atoms with E-state index in [4.69, 9.17) is 4.74 Å². The number of ether oxygens (including phenoxy) is 1. The molecule has 1 fully saturated rings. The fourth-order valence-corrected chi connectivity index (χ4v) is 2.01. The zero-order chi connectivity index (χ0) is 11.2. The third kappa shape index (κ3) is 3.54. The van der Waals surface area contributed by atoms with Gasteiger partial charge >= 0.3 is 0 Å². The number of nitrogens with zero attached hydrogens (tertiary/aromatic N) is 1. The fourth-order valence-electron chi connectivity index (χ4n) is 2.01. The van der Waals surface area contributed by atoms with E-state index >= 15 is 0 Å². The van der Waals surface area contributed by atoms with Gasteiger partial charge in [0, 0.05) is 12.4 Å². The van der Waals surface area contributed by atoms with Crippen molar-refractivity contribution in [2.75, 3.05) is 18.6 Å². The van der Waals surface area contributed by atoms with Crippen LogP contribution in [-0.2, 0) is 4.74 Å². The van der Waals surface area contributed by atoms with Gasteiger partial charge in [0.2, 0.25) is 0 Å². The summed E-state index contributed by atoms with van der Waals surface area (Å²) < 4.78 is 7.47. The number of hydrogen-bond acceptors (Lipinski definition) is 3. The highest BCUT2D eigenvalue weighted by atomic mass is 16.5. The molecule has 1 heterocycles. The minimum Gasteiger partial charge on any atom is -0.389 e. The molecule has 0 spiro atoms. The fraction of sp³-hybridized carbons (Fsp3) is 0.667. The van der Waals surface area contributed by atoms with Crippen LogP contribution in [0.4, 0.5) is 0 Å². The maximum atomic E-state index is 9.71. The van der Waals surface area contributed by atoms with Gasteiger partial charge in [-0.25, -0.2) is 0 Å². The van der Waals surface area contributed by atoms with E-state index in [0.29, 0.717) is 19.3 Å². The van der Waals surface area contributed by atoms with E-state index in [0.717, 1.165) is 12.8 Å². The molecule has 0 bridgehead atoms. The summed E-state index contributed by atoms with van der Waals surface area (Å²) >= 11 is 0. The van der Waals surface area contributed by atoms with Gasteiger partial charge in [-0.05, 0) is 25.0 Å². The van der Waals surface area contributed by atoms with E-state index in [-0.39, 0.29) is 0 Å². The van der Waals surface area contributed by atoms with Crippen molar-refractivity contribution in [1.82, 2.24) is 4.68 Å². The van der Waals surface area contributed by atoms with E-state index in [2.05, 4.69) is 5.43 Å². The second-order valence-electron chi connectivity index (χ2n) is 4.35. The predicted octanol–water partition coefficient (Wildman–Crippen LogP) is 1.35. The Bertz CT molecular complexity index is 281. The van der Waals surface area contributed by atoms with Gasteiger partial charge in [0.15, 0.2) is 0 Å². The molecule has 1 aromatic heterocycles. The summed E-state index contributed by atoms with van der Waals surface area (Å²) in [5.74, 6) is 0. The zero-order valence-corrected chi connectivity index (χ0v) is 9.51. The molecule has 2 N–H and O–H groups in total. The second-order valence-corrected chi connectivity index (χ2v) is 4.35. The molecule has 1 saturated carbocycles. The summed E-state index contributed by atoms with van der Waals surface area (Å²) in [5.41, 5.74) is 3.09. The molecule has 16 heavy (non-hydrogen) atoms. The van der Waals surface area contributed by atoms with Gasteiger partial charge in [-0.15, -0.1) is 0 Å². The Morgan fingerprint density at radius 3 is 2.69 bits per heavy atom. The van der Waals surface area contributed by atoms with Crippen LogP contribution in [0.5, 0.6) is 0 Å². The lowest BCUT2D eigenvalue weighted by atomic mass is 10.3. The Labute approximate surface area is 96.2 Å². The molecule has 4 nitrogen and oxygen atoms in total. The van der Waals surface area contributed by atoms with Gasteiger partial charge in [-0.1, -0.05) is 12.8 Å². The number of rotatable bonds is 6. The van der Waals surface area contributed by atoms with Crippen LogP contribution in [0, 0.1) is 0 Å². The zero-order valence-electron chi connectivity index (χ0n) is 9.51. The topological polar surface area (TPSA) is 46.4 Å². The van der Waals surface area contributed by atoms with Crippen molar-refractivity contribution in [3.63, 3.8) is 0 Å². The Hall–Kier alpha value is -1.00.